The Balaban J connectivity index is 1.47. The number of phenols is 1. The van der Waals surface area contributed by atoms with Crippen LogP contribution < -0.4 is 15.5 Å². The van der Waals surface area contributed by atoms with Crippen molar-refractivity contribution in [3.63, 3.8) is 0 Å². The molecule has 7 nitrogen and oxygen atoms in total. The highest BCUT2D eigenvalue weighted by Crippen LogP contribution is 2.25. The van der Waals surface area contributed by atoms with Crippen LogP contribution in [0.1, 0.15) is 48.0 Å². The van der Waals surface area contributed by atoms with Crippen LogP contribution in [0.4, 0.5) is 10.5 Å². The van der Waals surface area contributed by atoms with E-state index in [9.17, 15) is 19.5 Å². The number of rotatable bonds is 5. The third-order valence-corrected chi connectivity index (χ3v) is 5.72. The number of urea groups is 1. The number of phenolic OH excluding ortho intramolecular Hbond substituents is 1. The van der Waals surface area contributed by atoms with E-state index in [0.717, 1.165) is 17.7 Å². The molecule has 1 heterocycles. The van der Waals surface area contributed by atoms with E-state index in [4.69, 9.17) is 0 Å². The summed E-state index contributed by atoms with van der Waals surface area (Å²) in [7, 11) is 0. The summed E-state index contributed by atoms with van der Waals surface area (Å²) in [6.45, 7) is 0.645. The summed E-state index contributed by atoms with van der Waals surface area (Å²) in [6.07, 6.45) is 7.50. The molecule has 0 atom stereocenters. The molecule has 4 amide bonds. The standard InChI is InChI=1S/C24H25N3O4/c28-20-11-9-16(10-12-20)13-21-23(30)27(24(31)26-21)19-8-4-7-18(14-19)22(29)25-15-17-5-2-1-3-6-17/h4,7-14,17,28H,1-3,5-6,15H2,(H,25,29)(H,26,31)/b21-13-. The first-order valence-corrected chi connectivity index (χ1v) is 10.6. The SMILES string of the molecule is O=C(NCC1CCCCC1)c1cccc(N2C(=O)N/C(=C\c3ccc(O)cc3)C2=O)c1. The number of carbonyl (C=O) groups is 3. The van der Waals surface area contributed by atoms with Crippen molar-refractivity contribution < 1.29 is 19.5 Å². The average Bonchev–Trinajstić information content (AvgIpc) is 3.07. The predicted molar refractivity (Wildman–Crippen MR) is 117 cm³/mol. The fourth-order valence-electron chi connectivity index (χ4n) is 4.02. The number of hydrogen-bond donors (Lipinski definition) is 3. The number of benzene rings is 2. The number of nitrogens with one attached hydrogen (secondary N) is 2. The van der Waals surface area contributed by atoms with E-state index < -0.39 is 11.9 Å². The monoisotopic (exact) mass is 419 g/mol. The molecule has 1 saturated carbocycles. The number of carbonyl (C=O) groups excluding carboxylic acids is 3. The molecular weight excluding hydrogens is 394 g/mol. The molecule has 1 aliphatic carbocycles. The molecule has 31 heavy (non-hydrogen) atoms. The Kier molecular flexibility index (Phi) is 6.02. The van der Waals surface area contributed by atoms with E-state index in [-0.39, 0.29) is 17.4 Å². The quantitative estimate of drug-likeness (QED) is 0.507. The Morgan fingerprint density at radius 3 is 2.58 bits per heavy atom. The lowest BCUT2D eigenvalue weighted by Crippen LogP contribution is -2.32. The van der Waals surface area contributed by atoms with Crippen molar-refractivity contribution in [1.82, 2.24) is 10.6 Å². The zero-order chi connectivity index (χ0) is 21.8. The third kappa shape index (κ3) is 4.77. The molecule has 2 aromatic carbocycles. The summed E-state index contributed by atoms with van der Waals surface area (Å²) in [5, 5.41) is 14.9. The molecule has 0 unspecified atom stereocenters. The van der Waals surface area contributed by atoms with Gasteiger partial charge < -0.3 is 15.7 Å². The van der Waals surface area contributed by atoms with Gasteiger partial charge in [0.1, 0.15) is 11.4 Å². The lowest BCUT2D eigenvalue weighted by Gasteiger charge is -2.21. The van der Waals surface area contributed by atoms with Gasteiger partial charge in [-0.3, -0.25) is 9.59 Å². The Hall–Kier alpha value is -3.61. The van der Waals surface area contributed by atoms with Gasteiger partial charge >= 0.3 is 6.03 Å². The maximum Gasteiger partial charge on any atom is 0.333 e. The number of imide groups is 1. The van der Waals surface area contributed by atoms with Gasteiger partial charge in [0.2, 0.25) is 0 Å². The minimum absolute atomic E-state index is 0.115. The van der Waals surface area contributed by atoms with Crippen molar-refractivity contribution in [2.45, 2.75) is 32.1 Å². The second-order valence-electron chi connectivity index (χ2n) is 7.98. The molecule has 2 aliphatic rings. The molecule has 3 N–H and O–H groups in total. The molecular formula is C24H25N3O4. The highest BCUT2D eigenvalue weighted by atomic mass is 16.3. The first-order chi connectivity index (χ1) is 15.0. The van der Waals surface area contributed by atoms with Crippen molar-refractivity contribution in [1.29, 1.82) is 0 Å². The zero-order valence-electron chi connectivity index (χ0n) is 17.1. The van der Waals surface area contributed by atoms with E-state index in [1.54, 1.807) is 42.5 Å². The second kappa shape index (κ2) is 9.04. The first kappa shape index (κ1) is 20.7. The van der Waals surface area contributed by atoms with Gasteiger partial charge in [-0.1, -0.05) is 37.5 Å². The Morgan fingerprint density at radius 1 is 1.10 bits per heavy atom. The molecule has 0 aromatic heterocycles. The number of amides is 4. The van der Waals surface area contributed by atoms with Gasteiger partial charge in [-0.25, -0.2) is 9.69 Å². The van der Waals surface area contributed by atoms with Crippen LogP contribution in [-0.4, -0.2) is 29.5 Å². The largest absolute Gasteiger partial charge is 0.508 e. The molecule has 160 valence electrons. The molecule has 0 radical (unpaired) electrons. The van der Waals surface area contributed by atoms with Crippen LogP contribution in [-0.2, 0) is 4.79 Å². The van der Waals surface area contributed by atoms with Crippen LogP contribution in [0, 0.1) is 5.92 Å². The fraction of sp³-hybridized carbons (Fsp3) is 0.292. The van der Waals surface area contributed by atoms with Crippen LogP contribution in [0.2, 0.25) is 0 Å². The summed E-state index contributed by atoms with van der Waals surface area (Å²) >= 11 is 0. The Labute approximate surface area is 180 Å². The van der Waals surface area contributed by atoms with Crippen LogP contribution in [0.3, 0.4) is 0 Å². The zero-order valence-corrected chi connectivity index (χ0v) is 17.1. The number of nitrogens with zero attached hydrogens (tertiary/aromatic N) is 1. The number of aromatic hydroxyl groups is 1. The number of anilines is 1. The molecule has 4 rings (SSSR count). The highest BCUT2D eigenvalue weighted by Gasteiger charge is 2.35. The minimum atomic E-state index is -0.574. The average molecular weight is 419 g/mol. The smallest absolute Gasteiger partial charge is 0.333 e. The normalized spacial score (nSPS) is 18.3. The Bertz CT molecular complexity index is 1020. The van der Waals surface area contributed by atoms with Gasteiger partial charge in [0.15, 0.2) is 0 Å². The lowest BCUT2D eigenvalue weighted by molar-refractivity contribution is -0.113. The van der Waals surface area contributed by atoms with Crippen molar-refractivity contribution in [2.75, 3.05) is 11.4 Å². The van der Waals surface area contributed by atoms with E-state index >= 15 is 0 Å². The third-order valence-electron chi connectivity index (χ3n) is 5.72. The maximum atomic E-state index is 12.8. The van der Waals surface area contributed by atoms with Crippen LogP contribution in [0.15, 0.2) is 54.2 Å². The van der Waals surface area contributed by atoms with Gasteiger partial charge in [0.25, 0.3) is 11.8 Å². The number of hydrogen-bond acceptors (Lipinski definition) is 4. The summed E-state index contributed by atoms with van der Waals surface area (Å²) in [5.74, 6) is -0.0827. The summed E-state index contributed by atoms with van der Waals surface area (Å²) in [4.78, 5) is 38.9. The van der Waals surface area contributed by atoms with Crippen molar-refractivity contribution in [3.8, 4) is 5.75 Å². The van der Waals surface area contributed by atoms with Gasteiger partial charge in [-0.15, -0.1) is 0 Å². The van der Waals surface area contributed by atoms with Gasteiger partial charge in [-0.2, -0.15) is 0 Å². The van der Waals surface area contributed by atoms with Crippen LogP contribution in [0.5, 0.6) is 5.75 Å². The fourth-order valence-corrected chi connectivity index (χ4v) is 4.02. The molecule has 1 saturated heterocycles. The topological polar surface area (TPSA) is 98.7 Å². The summed E-state index contributed by atoms with van der Waals surface area (Å²) in [5.41, 5.74) is 1.54. The van der Waals surface area contributed by atoms with E-state index in [2.05, 4.69) is 10.6 Å². The summed E-state index contributed by atoms with van der Waals surface area (Å²) in [6, 6.07) is 12.2. The molecule has 0 bridgehead atoms. The van der Waals surface area contributed by atoms with Gasteiger partial charge in [0.05, 0.1) is 5.69 Å². The van der Waals surface area contributed by atoms with Crippen molar-refractivity contribution in [2.24, 2.45) is 5.92 Å². The molecule has 2 aromatic rings. The Morgan fingerprint density at radius 2 is 1.84 bits per heavy atom. The lowest BCUT2D eigenvalue weighted by atomic mass is 9.89. The molecule has 2 fully saturated rings. The maximum absolute atomic E-state index is 12.8. The van der Waals surface area contributed by atoms with Crippen molar-refractivity contribution in [3.05, 3.63) is 65.4 Å². The predicted octanol–water partition coefficient (Wildman–Crippen LogP) is 3.80. The second-order valence-corrected chi connectivity index (χ2v) is 7.98. The minimum Gasteiger partial charge on any atom is -0.508 e. The molecule has 1 aliphatic heterocycles. The first-order valence-electron chi connectivity index (χ1n) is 10.6. The van der Waals surface area contributed by atoms with E-state index in [1.165, 1.54) is 31.4 Å². The van der Waals surface area contributed by atoms with Gasteiger partial charge in [-0.05, 0) is 60.7 Å². The van der Waals surface area contributed by atoms with Crippen molar-refractivity contribution >= 4 is 29.6 Å². The van der Waals surface area contributed by atoms with E-state index in [0.29, 0.717) is 29.3 Å². The van der Waals surface area contributed by atoms with Crippen LogP contribution >= 0.6 is 0 Å². The summed E-state index contributed by atoms with van der Waals surface area (Å²) < 4.78 is 0. The molecule has 7 heteroatoms. The van der Waals surface area contributed by atoms with Crippen LogP contribution in [0.25, 0.3) is 6.08 Å². The molecule has 0 spiro atoms. The van der Waals surface area contributed by atoms with E-state index in [1.807, 2.05) is 0 Å². The van der Waals surface area contributed by atoms with Gasteiger partial charge in [0, 0.05) is 12.1 Å². The highest BCUT2D eigenvalue weighted by molar-refractivity contribution is 6.28.